The largest absolute Gasteiger partial charge is 0.508 e. The molecule has 0 radical (unpaired) electrons. The fraction of sp³-hybridized carbons (Fsp3) is 0.273. The number of nitrogens with zero attached hydrogens (tertiary/aromatic N) is 3. The molecule has 2 aromatic rings. The summed E-state index contributed by atoms with van der Waals surface area (Å²) in [4.78, 5) is 0. The Hall–Kier alpha value is -2.04. The van der Waals surface area contributed by atoms with Gasteiger partial charge in [-0.05, 0) is 12.1 Å². The Balaban J connectivity index is 2.24. The monoisotopic (exact) mass is 216 g/mol. The molecule has 1 aliphatic heterocycles. The summed E-state index contributed by atoms with van der Waals surface area (Å²) in [6.07, 6.45) is 0.841. The molecule has 0 saturated carbocycles. The standard InChI is InChI=1S/C11H12N4O/c1-2-10-13-14-11-6-12-8-5-7(16)3-4-9(8)15(10)11/h3-5,12,16H,2,6H2,1H3. The van der Waals surface area contributed by atoms with Gasteiger partial charge < -0.3 is 10.4 Å². The number of aryl methyl sites for hydroxylation is 1. The highest BCUT2D eigenvalue weighted by atomic mass is 16.3. The Morgan fingerprint density at radius 1 is 1.44 bits per heavy atom. The Labute approximate surface area is 92.7 Å². The van der Waals surface area contributed by atoms with E-state index < -0.39 is 0 Å². The van der Waals surface area contributed by atoms with Crippen LogP contribution in [-0.4, -0.2) is 19.9 Å². The first-order chi connectivity index (χ1) is 7.79. The molecule has 1 aromatic heterocycles. The molecule has 0 saturated heterocycles. The summed E-state index contributed by atoms with van der Waals surface area (Å²) in [6.45, 7) is 2.70. The van der Waals surface area contributed by atoms with E-state index in [-0.39, 0.29) is 5.75 Å². The molecule has 16 heavy (non-hydrogen) atoms. The van der Waals surface area contributed by atoms with Crippen LogP contribution in [0, 0.1) is 0 Å². The smallest absolute Gasteiger partial charge is 0.157 e. The highest BCUT2D eigenvalue weighted by molar-refractivity contribution is 5.66. The van der Waals surface area contributed by atoms with Crippen molar-refractivity contribution in [3.8, 4) is 11.4 Å². The zero-order valence-electron chi connectivity index (χ0n) is 8.94. The molecule has 2 heterocycles. The van der Waals surface area contributed by atoms with Crippen LogP contribution < -0.4 is 5.32 Å². The molecular weight excluding hydrogens is 204 g/mol. The number of phenols is 1. The van der Waals surface area contributed by atoms with Gasteiger partial charge in [0.15, 0.2) is 5.82 Å². The van der Waals surface area contributed by atoms with Gasteiger partial charge in [0.25, 0.3) is 0 Å². The lowest BCUT2D eigenvalue weighted by molar-refractivity contribution is 0.475. The molecule has 5 heteroatoms. The number of anilines is 1. The molecule has 2 N–H and O–H groups in total. The second-order valence-electron chi connectivity index (χ2n) is 3.78. The molecule has 0 aliphatic carbocycles. The van der Waals surface area contributed by atoms with E-state index >= 15 is 0 Å². The molecule has 3 rings (SSSR count). The first-order valence-corrected chi connectivity index (χ1v) is 5.30. The van der Waals surface area contributed by atoms with Gasteiger partial charge in [-0.2, -0.15) is 0 Å². The molecule has 0 fully saturated rings. The Morgan fingerprint density at radius 3 is 3.12 bits per heavy atom. The number of hydrogen-bond acceptors (Lipinski definition) is 4. The van der Waals surface area contributed by atoms with Gasteiger partial charge in [-0.25, -0.2) is 0 Å². The summed E-state index contributed by atoms with van der Waals surface area (Å²) in [5, 5.41) is 20.9. The van der Waals surface area contributed by atoms with Crippen molar-refractivity contribution >= 4 is 5.69 Å². The van der Waals surface area contributed by atoms with Crippen molar-refractivity contribution in [2.45, 2.75) is 19.9 Å². The molecule has 0 atom stereocenters. The van der Waals surface area contributed by atoms with Crippen LogP contribution in [0.3, 0.4) is 0 Å². The predicted molar refractivity (Wildman–Crippen MR) is 59.7 cm³/mol. The lowest BCUT2D eigenvalue weighted by Gasteiger charge is -2.20. The zero-order valence-corrected chi connectivity index (χ0v) is 8.94. The van der Waals surface area contributed by atoms with E-state index in [9.17, 15) is 5.11 Å². The van der Waals surface area contributed by atoms with E-state index in [2.05, 4.69) is 22.4 Å². The van der Waals surface area contributed by atoms with Gasteiger partial charge in [0.05, 0.1) is 17.9 Å². The van der Waals surface area contributed by atoms with Crippen molar-refractivity contribution in [1.82, 2.24) is 14.8 Å². The normalized spacial score (nSPS) is 12.8. The van der Waals surface area contributed by atoms with Crippen LogP contribution in [0.4, 0.5) is 5.69 Å². The lowest BCUT2D eigenvalue weighted by Crippen LogP contribution is -2.16. The number of aromatic nitrogens is 3. The Kier molecular flexibility index (Phi) is 1.86. The van der Waals surface area contributed by atoms with Gasteiger partial charge >= 0.3 is 0 Å². The number of hydrogen-bond donors (Lipinski definition) is 2. The highest BCUT2D eigenvalue weighted by Crippen LogP contribution is 2.30. The second-order valence-corrected chi connectivity index (χ2v) is 3.78. The molecule has 82 valence electrons. The van der Waals surface area contributed by atoms with E-state index in [1.165, 1.54) is 0 Å². The quantitative estimate of drug-likeness (QED) is 0.757. The van der Waals surface area contributed by atoms with E-state index in [1.807, 2.05) is 10.6 Å². The topological polar surface area (TPSA) is 63.0 Å². The van der Waals surface area contributed by atoms with Gasteiger partial charge in [-0.1, -0.05) is 6.92 Å². The minimum Gasteiger partial charge on any atom is -0.508 e. The third-order valence-electron chi connectivity index (χ3n) is 2.77. The second kappa shape index (κ2) is 3.23. The molecule has 1 aliphatic rings. The van der Waals surface area contributed by atoms with E-state index in [4.69, 9.17) is 0 Å². The maximum absolute atomic E-state index is 9.43. The highest BCUT2D eigenvalue weighted by Gasteiger charge is 2.19. The average molecular weight is 216 g/mol. The third kappa shape index (κ3) is 1.18. The van der Waals surface area contributed by atoms with Crippen molar-refractivity contribution in [3.05, 3.63) is 29.8 Å². The van der Waals surface area contributed by atoms with Gasteiger partial charge in [-0.3, -0.25) is 4.57 Å². The first-order valence-electron chi connectivity index (χ1n) is 5.30. The van der Waals surface area contributed by atoms with Crippen molar-refractivity contribution in [1.29, 1.82) is 0 Å². The van der Waals surface area contributed by atoms with Crippen LogP contribution in [0.1, 0.15) is 18.6 Å². The number of nitrogens with one attached hydrogen (secondary N) is 1. The molecular formula is C11H12N4O. The van der Waals surface area contributed by atoms with Crippen LogP contribution in [-0.2, 0) is 13.0 Å². The Bertz CT molecular complexity index is 533. The number of fused-ring (bicyclic) bond motifs is 3. The fourth-order valence-corrected chi connectivity index (χ4v) is 2.01. The maximum Gasteiger partial charge on any atom is 0.157 e. The van der Waals surface area contributed by atoms with Crippen molar-refractivity contribution < 1.29 is 5.11 Å². The van der Waals surface area contributed by atoms with E-state index in [0.717, 1.165) is 29.4 Å². The summed E-state index contributed by atoms with van der Waals surface area (Å²) >= 11 is 0. The van der Waals surface area contributed by atoms with Gasteiger partial charge in [-0.15, -0.1) is 10.2 Å². The third-order valence-corrected chi connectivity index (χ3v) is 2.77. The summed E-state index contributed by atoms with van der Waals surface area (Å²) in [6, 6.07) is 5.27. The van der Waals surface area contributed by atoms with Crippen LogP contribution in [0.15, 0.2) is 18.2 Å². The maximum atomic E-state index is 9.43. The van der Waals surface area contributed by atoms with Crippen LogP contribution >= 0.6 is 0 Å². The minimum atomic E-state index is 0.265. The predicted octanol–water partition coefficient (Wildman–Crippen LogP) is 1.46. The molecule has 0 bridgehead atoms. The van der Waals surface area contributed by atoms with E-state index in [1.54, 1.807) is 12.1 Å². The molecule has 0 spiro atoms. The van der Waals surface area contributed by atoms with Crippen LogP contribution in [0.25, 0.3) is 5.69 Å². The zero-order chi connectivity index (χ0) is 11.1. The van der Waals surface area contributed by atoms with Crippen LogP contribution in [0.2, 0.25) is 0 Å². The fourth-order valence-electron chi connectivity index (χ4n) is 2.01. The summed E-state index contributed by atoms with van der Waals surface area (Å²) in [5.41, 5.74) is 1.92. The van der Waals surface area contributed by atoms with Crippen molar-refractivity contribution in [3.63, 3.8) is 0 Å². The number of rotatable bonds is 1. The minimum absolute atomic E-state index is 0.265. The van der Waals surface area contributed by atoms with E-state index in [0.29, 0.717) is 6.54 Å². The lowest BCUT2D eigenvalue weighted by atomic mass is 10.2. The number of benzene rings is 1. The number of aromatic hydroxyl groups is 1. The SMILES string of the molecule is CCc1nnc2n1-c1ccc(O)cc1NC2. The summed E-state index contributed by atoms with van der Waals surface area (Å²) in [7, 11) is 0. The molecule has 5 nitrogen and oxygen atoms in total. The van der Waals surface area contributed by atoms with Gasteiger partial charge in [0, 0.05) is 12.5 Å². The van der Waals surface area contributed by atoms with Gasteiger partial charge in [0.2, 0.25) is 0 Å². The summed E-state index contributed by atoms with van der Waals surface area (Å²) < 4.78 is 2.05. The molecule has 0 amide bonds. The molecule has 1 aromatic carbocycles. The Morgan fingerprint density at radius 2 is 2.31 bits per heavy atom. The molecule has 0 unspecified atom stereocenters. The number of phenolic OH excluding ortho intramolecular Hbond substituents is 1. The van der Waals surface area contributed by atoms with Crippen molar-refractivity contribution in [2.24, 2.45) is 0 Å². The van der Waals surface area contributed by atoms with Crippen LogP contribution in [0.5, 0.6) is 5.75 Å². The first kappa shape index (κ1) is 9.21. The van der Waals surface area contributed by atoms with Gasteiger partial charge in [0.1, 0.15) is 11.6 Å². The summed E-state index contributed by atoms with van der Waals surface area (Å²) in [5.74, 6) is 2.12. The average Bonchev–Trinajstić information content (AvgIpc) is 2.71. The van der Waals surface area contributed by atoms with Crippen molar-refractivity contribution in [2.75, 3.05) is 5.32 Å².